The lowest BCUT2D eigenvalue weighted by atomic mass is 10.1. The average Bonchev–Trinajstić information content (AvgIpc) is 3.01. The third-order valence-corrected chi connectivity index (χ3v) is 4.27. The van der Waals surface area contributed by atoms with E-state index in [4.69, 9.17) is 4.74 Å². The minimum atomic E-state index is 0. The van der Waals surface area contributed by atoms with Crippen LogP contribution >= 0.6 is 24.0 Å². The largest absolute Gasteiger partial charge is 0.376 e. The van der Waals surface area contributed by atoms with Gasteiger partial charge in [0.2, 0.25) is 0 Å². The number of benzene rings is 1. The summed E-state index contributed by atoms with van der Waals surface area (Å²) in [4.78, 5) is 6.78. The molecule has 0 amide bonds. The van der Waals surface area contributed by atoms with E-state index in [1.54, 1.807) is 0 Å². The number of nitrogens with one attached hydrogen (secondary N) is 1. The first-order chi connectivity index (χ1) is 11.2. The highest BCUT2D eigenvalue weighted by molar-refractivity contribution is 14.0. The number of hydrogen-bond acceptors (Lipinski definition) is 2. The SMILES string of the molecule is CN=C(NCCC(C)C)N1CCC(COCc2ccccc2)C1.I. The number of halogens is 1. The van der Waals surface area contributed by atoms with E-state index in [0.29, 0.717) is 12.5 Å². The zero-order chi connectivity index (χ0) is 16.5. The molecule has 4 nitrogen and oxygen atoms in total. The quantitative estimate of drug-likeness (QED) is 0.395. The Morgan fingerprint density at radius 3 is 2.75 bits per heavy atom. The van der Waals surface area contributed by atoms with Crippen LogP contribution in [0.15, 0.2) is 35.3 Å². The van der Waals surface area contributed by atoms with Crippen LogP contribution in [0.2, 0.25) is 0 Å². The van der Waals surface area contributed by atoms with Crippen molar-refractivity contribution < 1.29 is 4.74 Å². The number of guanidine groups is 1. The van der Waals surface area contributed by atoms with E-state index in [0.717, 1.165) is 38.1 Å². The highest BCUT2D eigenvalue weighted by atomic mass is 127. The minimum Gasteiger partial charge on any atom is -0.376 e. The molecule has 1 heterocycles. The summed E-state index contributed by atoms with van der Waals surface area (Å²) in [6, 6.07) is 10.4. The van der Waals surface area contributed by atoms with Gasteiger partial charge in [0.25, 0.3) is 0 Å². The zero-order valence-corrected chi connectivity index (χ0v) is 17.5. The number of aliphatic imine (C=N–C) groups is 1. The first-order valence-corrected chi connectivity index (χ1v) is 8.76. The van der Waals surface area contributed by atoms with Crippen molar-refractivity contribution in [3.63, 3.8) is 0 Å². The summed E-state index contributed by atoms with van der Waals surface area (Å²) in [6.45, 7) is 9.14. The Bertz CT molecular complexity index is 479. The van der Waals surface area contributed by atoms with Crippen molar-refractivity contribution in [2.24, 2.45) is 16.8 Å². The Morgan fingerprint density at radius 2 is 2.08 bits per heavy atom. The highest BCUT2D eigenvalue weighted by Gasteiger charge is 2.24. The number of likely N-dealkylation sites (tertiary alicyclic amines) is 1. The van der Waals surface area contributed by atoms with Crippen LogP contribution in [0.25, 0.3) is 0 Å². The van der Waals surface area contributed by atoms with Crippen LogP contribution in [0.1, 0.15) is 32.3 Å². The minimum absolute atomic E-state index is 0. The molecule has 1 unspecified atom stereocenters. The molecule has 1 aliphatic heterocycles. The van der Waals surface area contributed by atoms with Gasteiger partial charge in [0.1, 0.15) is 0 Å². The molecule has 1 aromatic rings. The lowest BCUT2D eigenvalue weighted by molar-refractivity contribution is 0.0907. The van der Waals surface area contributed by atoms with Gasteiger partial charge in [-0.3, -0.25) is 4.99 Å². The Balaban J connectivity index is 0.00000288. The maximum absolute atomic E-state index is 5.89. The molecule has 1 aliphatic rings. The van der Waals surface area contributed by atoms with Gasteiger partial charge < -0.3 is 15.0 Å². The number of nitrogens with zero attached hydrogens (tertiary/aromatic N) is 2. The van der Waals surface area contributed by atoms with Gasteiger partial charge in [-0.25, -0.2) is 0 Å². The van der Waals surface area contributed by atoms with Gasteiger partial charge in [-0.15, -0.1) is 24.0 Å². The van der Waals surface area contributed by atoms with E-state index in [1.165, 1.54) is 18.4 Å². The molecule has 0 spiro atoms. The van der Waals surface area contributed by atoms with Crippen molar-refractivity contribution in [2.75, 3.05) is 33.3 Å². The molecule has 1 aromatic carbocycles. The van der Waals surface area contributed by atoms with Gasteiger partial charge in [-0.05, 0) is 24.3 Å². The van der Waals surface area contributed by atoms with Gasteiger partial charge in [0.15, 0.2) is 5.96 Å². The van der Waals surface area contributed by atoms with E-state index in [2.05, 4.69) is 53.3 Å². The Kier molecular flexibility index (Phi) is 10.3. The van der Waals surface area contributed by atoms with Crippen molar-refractivity contribution in [3.8, 4) is 0 Å². The van der Waals surface area contributed by atoms with Crippen molar-refractivity contribution in [3.05, 3.63) is 35.9 Å². The molecule has 24 heavy (non-hydrogen) atoms. The molecule has 136 valence electrons. The standard InChI is InChI=1S/C19H31N3O.HI/c1-16(2)9-11-21-19(20-3)22-12-10-18(13-22)15-23-14-17-7-5-4-6-8-17;/h4-8,16,18H,9-15H2,1-3H3,(H,20,21);1H. The number of ether oxygens (including phenoxy) is 1. The lowest BCUT2D eigenvalue weighted by Gasteiger charge is -2.22. The van der Waals surface area contributed by atoms with Crippen molar-refractivity contribution in [1.29, 1.82) is 0 Å². The van der Waals surface area contributed by atoms with Crippen LogP contribution in [0.4, 0.5) is 0 Å². The maximum atomic E-state index is 5.89. The van der Waals surface area contributed by atoms with E-state index < -0.39 is 0 Å². The predicted octanol–water partition coefficient (Wildman–Crippen LogP) is 3.76. The van der Waals surface area contributed by atoms with E-state index >= 15 is 0 Å². The van der Waals surface area contributed by atoms with Crippen LogP contribution in [0, 0.1) is 11.8 Å². The highest BCUT2D eigenvalue weighted by Crippen LogP contribution is 2.17. The van der Waals surface area contributed by atoms with Gasteiger partial charge >= 0.3 is 0 Å². The second-order valence-electron chi connectivity index (χ2n) is 6.76. The summed E-state index contributed by atoms with van der Waals surface area (Å²) in [7, 11) is 1.87. The number of hydrogen-bond donors (Lipinski definition) is 1. The molecule has 0 saturated carbocycles. The Labute approximate surface area is 164 Å². The van der Waals surface area contributed by atoms with Gasteiger partial charge in [-0.1, -0.05) is 44.2 Å². The molecule has 0 bridgehead atoms. The van der Waals surface area contributed by atoms with Crippen LogP contribution in [-0.2, 0) is 11.3 Å². The van der Waals surface area contributed by atoms with Gasteiger partial charge in [0.05, 0.1) is 13.2 Å². The maximum Gasteiger partial charge on any atom is 0.193 e. The lowest BCUT2D eigenvalue weighted by Crippen LogP contribution is -2.40. The molecule has 0 aromatic heterocycles. The topological polar surface area (TPSA) is 36.9 Å². The van der Waals surface area contributed by atoms with Crippen LogP contribution in [-0.4, -0.2) is 44.1 Å². The fourth-order valence-corrected chi connectivity index (χ4v) is 2.88. The molecule has 0 radical (unpaired) electrons. The summed E-state index contributed by atoms with van der Waals surface area (Å²) >= 11 is 0. The summed E-state index contributed by atoms with van der Waals surface area (Å²) in [6.07, 6.45) is 2.36. The molecule has 1 N–H and O–H groups in total. The van der Waals surface area contributed by atoms with Crippen molar-refractivity contribution >= 4 is 29.9 Å². The Hall–Kier alpha value is -0.820. The third kappa shape index (κ3) is 7.38. The molecular formula is C19H32IN3O. The van der Waals surface area contributed by atoms with Crippen molar-refractivity contribution in [2.45, 2.75) is 33.3 Å². The monoisotopic (exact) mass is 445 g/mol. The molecular weight excluding hydrogens is 413 g/mol. The first kappa shape index (κ1) is 21.2. The van der Waals surface area contributed by atoms with Crippen LogP contribution < -0.4 is 5.32 Å². The molecule has 1 fully saturated rings. The van der Waals surface area contributed by atoms with Crippen molar-refractivity contribution in [1.82, 2.24) is 10.2 Å². The van der Waals surface area contributed by atoms with Crippen LogP contribution in [0.5, 0.6) is 0 Å². The normalized spacial score (nSPS) is 17.9. The molecule has 1 atom stereocenters. The third-order valence-electron chi connectivity index (χ3n) is 4.27. The van der Waals surface area contributed by atoms with Crippen LogP contribution in [0.3, 0.4) is 0 Å². The average molecular weight is 445 g/mol. The van der Waals surface area contributed by atoms with E-state index in [9.17, 15) is 0 Å². The number of rotatable bonds is 7. The molecule has 0 aliphatic carbocycles. The smallest absolute Gasteiger partial charge is 0.193 e. The molecule has 1 saturated heterocycles. The second kappa shape index (κ2) is 11.7. The van der Waals surface area contributed by atoms with Gasteiger partial charge in [-0.2, -0.15) is 0 Å². The molecule has 5 heteroatoms. The summed E-state index contributed by atoms with van der Waals surface area (Å²) < 4.78 is 5.89. The fourth-order valence-electron chi connectivity index (χ4n) is 2.88. The van der Waals surface area contributed by atoms with E-state index in [-0.39, 0.29) is 24.0 Å². The summed E-state index contributed by atoms with van der Waals surface area (Å²) in [5, 5.41) is 3.48. The van der Waals surface area contributed by atoms with E-state index in [1.807, 2.05) is 13.1 Å². The Morgan fingerprint density at radius 1 is 1.33 bits per heavy atom. The zero-order valence-electron chi connectivity index (χ0n) is 15.2. The first-order valence-electron chi connectivity index (χ1n) is 8.76. The molecule has 2 rings (SSSR count). The van der Waals surface area contributed by atoms with Gasteiger partial charge in [0, 0.05) is 32.6 Å². The predicted molar refractivity (Wildman–Crippen MR) is 112 cm³/mol. The second-order valence-corrected chi connectivity index (χ2v) is 6.76. The summed E-state index contributed by atoms with van der Waals surface area (Å²) in [5.41, 5.74) is 1.24. The fraction of sp³-hybridized carbons (Fsp3) is 0.632. The summed E-state index contributed by atoms with van der Waals surface area (Å²) in [5.74, 6) is 2.36.